The number of carbonyl (C=O) groups excluding carboxylic acids is 1. The van der Waals surface area contributed by atoms with Gasteiger partial charge in [-0.3, -0.25) is 9.78 Å². The van der Waals surface area contributed by atoms with Crippen molar-refractivity contribution in [2.75, 3.05) is 7.11 Å². The van der Waals surface area contributed by atoms with E-state index in [0.29, 0.717) is 28.1 Å². The van der Waals surface area contributed by atoms with Crippen LogP contribution in [0.2, 0.25) is 0 Å². The molecule has 1 aromatic heterocycles. The summed E-state index contributed by atoms with van der Waals surface area (Å²) in [5.74, 6) is -1.82. The highest BCUT2D eigenvalue weighted by Crippen LogP contribution is 2.31. The number of halogens is 3. The average Bonchev–Trinajstić information content (AvgIpc) is 2.96. The van der Waals surface area contributed by atoms with Gasteiger partial charge in [0.15, 0.2) is 0 Å². The van der Waals surface area contributed by atoms with Crippen LogP contribution in [0.3, 0.4) is 0 Å². The van der Waals surface area contributed by atoms with Gasteiger partial charge in [-0.15, -0.1) is 0 Å². The molecule has 0 aliphatic heterocycles. The zero-order valence-electron chi connectivity index (χ0n) is 22.0. The lowest BCUT2D eigenvalue weighted by atomic mass is 9.94. The SMILES string of the molecule is COc1ccc2cccc(CC(=O)NC(Cc3cc(F)cc(F)c3)c3ncccc3-c3ccc(F)c(C#N)c3)c2c1. The number of benzene rings is 4. The molecule has 1 heterocycles. The molecule has 4 aromatic carbocycles. The van der Waals surface area contributed by atoms with E-state index < -0.39 is 23.5 Å². The number of rotatable bonds is 8. The van der Waals surface area contributed by atoms with Crippen molar-refractivity contribution in [1.82, 2.24) is 10.3 Å². The van der Waals surface area contributed by atoms with Crippen molar-refractivity contribution >= 4 is 16.7 Å². The Hall–Kier alpha value is -5.16. The molecular weight excluding hydrogens is 527 g/mol. The number of nitrogens with zero attached hydrogens (tertiary/aromatic N) is 2. The van der Waals surface area contributed by atoms with Gasteiger partial charge in [-0.25, -0.2) is 13.2 Å². The van der Waals surface area contributed by atoms with Crippen LogP contribution in [-0.2, 0) is 17.6 Å². The van der Waals surface area contributed by atoms with Crippen LogP contribution in [0.4, 0.5) is 13.2 Å². The zero-order chi connectivity index (χ0) is 28.9. The summed E-state index contributed by atoms with van der Waals surface area (Å²) in [6.45, 7) is 0. The maximum atomic E-state index is 14.1. The van der Waals surface area contributed by atoms with Crippen molar-refractivity contribution in [3.63, 3.8) is 0 Å². The third-order valence-corrected chi connectivity index (χ3v) is 6.79. The molecule has 1 atom stereocenters. The quantitative estimate of drug-likeness (QED) is 0.229. The third-order valence-electron chi connectivity index (χ3n) is 6.79. The predicted octanol–water partition coefficient (Wildman–Crippen LogP) is 6.84. The van der Waals surface area contributed by atoms with Gasteiger partial charge in [-0.1, -0.05) is 36.4 Å². The van der Waals surface area contributed by atoms with Gasteiger partial charge in [0.25, 0.3) is 0 Å². The number of aromatic nitrogens is 1. The van der Waals surface area contributed by atoms with Crippen molar-refractivity contribution < 1.29 is 22.7 Å². The first-order chi connectivity index (χ1) is 19.8. The second-order valence-electron chi connectivity index (χ2n) is 9.53. The molecule has 41 heavy (non-hydrogen) atoms. The first kappa shape index (κ1) is 27.4. The van der Waals surface area contributed by atoms with E-state index in [4.69, 9.17) is 4.74 Å². The van der Waals surface area contributed by atoms with Gasteiger partial charge in [-0.05, 0) is 76.3 Å². The molecule has 1 N–H and O–H groups in total. The minimum absolute atomic E-state index is 0.0236. The molecule has 0 spiro atoms. The van der Waals surface area contributed by atoms with Crippen molar-refractivity contribution in [3.8, 4) is 22.9 Å². The van der Waals surface area contributed by atoms with Gasteiger partial charge in [-0.2, -0.15) is 5.26 Å². The van der Waals surface area contributed by atoms with Crippen molar-refractivity contribution in [3.05, 3.63) is 131 Å². The molecule has 204 valence electrons. The number of hydrogen-bond acceptors (Lipinski definition) is 4. The second-order valence-corrected chi connectivity index (χ2v) is 9.53. The summed E-state index contributed by atoms with van der Waals surface area (Å²) in [5.41, 5.74) is 2.40. The van der Waals surface area contributed by atoms with Gasteiger partial charge >= 0.3 is 0 Å². The maximum Gasteiger partial charge on any atom is 0.224 e. The van der Waals surface area contributed by atoms with Crippen LogP contribution in [0.5, 0.6) is 5.75 Å². The number of nitrogens with one attached hydrogen (secondary N) is 1. The van der Waals surface area contributed by atoms with Crippen LogP contribution in [0.15, 0.2) is 91.1 Å². The van der Waals surface area contributed by atoms with Gasteiger partial charge in [0.2, 0.25) is 5.91 Å². The monoisotopic (exact) mass is 551 g/mol. The molecule has 1 unspecified atom stereocenters. The van der Waals surface area contributed by atoms with E-state index in [1.807, 2.05) is 42.5 Å². The molecule has 0 radical (unpaired) electrons. The highest BCUT2D eigenvalue weighted by atomic mass is 19.1. The first-order valence-electron chi connectivity index (χ1n) is 12.8. The number of hydrogen-bond donors (Lipinski definition) is 1. The normalized spacial score (nSPS) is 11.6. The summed E-state index contributed by atoms with van der Waals surface area (Å²) >= 11 is 0. The Morgan fingerprint density at radius 1 is 0.976 bits per heavy atom. The molecule has 5 nitrogen and oxygen atoms in total. The molecule has 0 aliphatic rings. The van der Waals surface area contributed by atoms with Crippen LogP contribution in [0.25, 0.3) is 21.9 Å². The van der Waals surface area contributed by atoms with Gasteiger partial charge in [0.05, 0.1) is 30.8 Å². The van der Waals surface area contributed by atoms with E-state index in [0.717, 1.165) is 22.4 Å². The number of nitriles is 1. The fourth-order valence-corrected chi connectivity index (χ4v) is 4.91. The topological polar surface area (TPSA) is 75.0 Å². The van der Waals surface area contributed by atoms with Crippen molar-refractivity contribution in [2.45, 2.75) is 18.9 Å². The average molecular weight is 552 g/mol. The maximum absolute atomic E-state index is 14.1. The van der Waals surface area contributed by atoms with Gasteiger partial charge in [0.1, 0.15) is 29.3 Å². The number of methoxy groups -OCH3 is 1. The second kappa shape index (κ2) is 11.9. The number of fused-ring (bicyclic) bond motifs is 1. The van der Waals surface area contributed by atoms with E-state index in [1.165, 1.54) is 36.5 Å². The Morgan fingerprint density at radius 2 is 1.78 bits per heavy atom. The van der Waals surface area contributed by atoms with Crippen LogP contribution >= 0.6 is 0 Å². The van der Waals surface area contributed by atoms with Crippen LogP contribution in [0, 0.1) is 28.8 Å². The fourth-order valence-electron chi connectivity index (χ4n) is 4.91. The molecular formula is C33H24F3N3O2. The minimum Gasteiger partial charge on any atom is -0.497 e. The van der Waals surface area contributed by atoms with Crippen LogP contribution in [0.1, 0.15) is 28.4 Å². The highest BCUT2D eigenvalue weighted by Gasteiger charge is 2.22. The third kappa shape index (κ3) is 6.20. The largest absolute Gasteiger partial charge is 0.497 e. The molecule has 0 saturated heterocycles. The van der Waals surface area contributed by atoms with Gasteiger partial charge in [0, 0.05) is 17.8 Å². The minimum atomic E-state index is -0.806. The first-order valence-corrected chi connectivity index (χ1v) is 12.8. The number of pyridine rings is 1. The van der Waals surface area contributed by atoms with Crippen LogP contribution in [-0.4, -0.2) is 18.0 Å². The lowest BCUT2D eigenvalue weighted by Gasteiger charge is -2.22. The van der Waals surface area contributed by atoms with E-state index >= 15 is 0 Å². The summed E-state index contributed by atoms with van der Waals surface area (Å²) in [6, 6.07) is 23.0. The van der Waals surface area contributed by atoms with Crippen molar-refractivity contribution in [2.24, 2.45) is 0 Å². The Bertz CT molecular complexity index is 1780. The van der Waals surface area contributed by atoms with Crippen molar-refractivity contribution in [1.29, 1.82) is 5.26 Å². The summed E-state index contributed by atoms with van der Waals surface area (Å²) in [7, 11) is 1.57. The lowest BCUT2D eigenvalue weighted by molar-refractivity contribution is -0.121. The summed E-state index contributed by atoms with van der Waals surface area (Å²) in [4.78, 5) is 18.0. The number of ether oxygens (including phenoxy) is 1. The van der Waals surface area contributed by atoms with E-state index in [-0.39, 0.29) is 24.3 Å². The summed E-state index contributed by atoms with van der Waals surface area (Å²) in [6.07, 6.45) is 1.59. The molecule has 0 fully saturated rings. The van der Waals surface area contributed by atoms with E-state index in [1.54, 1.807) is 19.2 Å². The molecule has 5 rings (SSSR count). The van der Waals surface area contributed by atoms with Crippen LogP contribution < -0.4 is 10.1 Å². The Balaban J connectivity index is 1.53. The Kier molecular flexibility index (Phi) is 7.97. The molecule has 0 aliphatic carbocycles. The fraction of sp³-hybridized carbons (Fsp3) is 0.121. The summed E-state index contributed by atoms with van der Waals surface area (Å²) < 4.78 is 47.6. The molecule has 0 bridgehead atoms. The predicted molar refractivity (Wildman–Crippen MR) is 149 cm³/mol. The van der Waals surface area contributed by atoms with E-state index in [2.05, 4.69) is 10.3 Å². The number of carbonyl (C=O) groups is 1. The van der Waals surface area contributed by atoms with E-state index in [9.17, 15) is 23.2 Å². The van der Waals surface area contributed by atoms with Gasteiger partial charge < -0.3 is 10.1 Å². The molecule has 1 amide bonds. The Morgan fingerprint density at radius 3 is 2.54 bits per heavy atom. The lowest BCUT2D eigenvalue weighted by Crippen LogP contribution is -2.32. The molecule has 0 saturated carbocycles. The zero-order valence-corrected chi connectivity index (χ0v) is 22.0. The molecule has 8 heteroatoms. The smallest absolute Gasteiger partial charge is 0.224 e. The standard InChI is InChI=1S/C33H24F3N3O2/c1-41-27-9-7-21-4-2-5-22(29(21)18-27)16-32(40)39-31(14-20-12-25(34)17-26(35)13-20)33-28(6-3-11-38-33)23-8-10-30(36)24(15-23)19-37/h2-13,15,17-18,31H,14,16H2,1H3,(H,39,40). The highest BCUT2D eigenvalue weighted by molar-refractivity contribution is 5.91. The number of amides is 1. The molecule has 5 aromatic rings. The Labute approximate surface area is 234 Å². The summed E-state index contributed by atoms with van der Waals surface area (Å²) in [5, 5.41) is 14.1.